The fourth-order valence-electron chi connectivity index (χ4n) is 2.12. The molecule has 0 bridgehead atoms. The number of aliphatic imine (C=N–C) groups is 1. The van der Waals surface area contributed by atoms with Gasteiger partial charge in [0.25, 0.3) is 0 Å². The zero-order valence-electron chi connectivity index (χ0n) is 16.4. The number of carbonyl (C=O) groups is 1. The topological polar surface area (TPSA) is 92.7 Å². The number of rotatable bonds is 11. The van der Waals surface area contributed by atoms with Gasteiger partial charge in [0.05, 0.1) is 25.9 Å². The first-order chi connectivity index (χ1) is 12.8. The maximum atomic E-state index is 11.9. The first kappa shape index (κ1) is 22.6. The first-order valence-corrected chi connectivity index (χ1v) is 8.52. The maximum Gasteiger partial charge on any atom is 0.341 e. The molecule has 0 spiro atoms. The van der Waals surface area contributed by atoms with E-state index in [1.807, 2.05) is 20.8 Å². The molecule has 1 unspecified atom stereocenters. The number of ether oxygens (including phenoxy) is 5. The minimum atomic E-state index is -0.690. The monoisotopic (exact) mass is 381 g/mol. The summed E-state index contributed by atoms with van der Waals surface area (Å²) < 4.78 is 26.6. The van der Waals surface area contributed by atoms with Crippen LogP contribution in [-0.4, -0.2) is 57.9 Å². The predicted molar refractivity (Wildman–Crippen MR) is 98.0 cm³/mol. The van der Waals surface area contributed by atoms with Gasteiger partial charge in [0.15, 0.2) is 6.23 Å². The number of hydrogen-bond acceptors (Lipinski definition) is 8. The van der Waals surface area contributed by atoms with Gasteiger partial charge in [-0.2, -0.15) is 4.99 Å². The Hall–Kier alpha value is -2.41. The Balaban J connectivity index is 2.83. The summed E-state index contributed by atoms with van der Waals surface area (Å²) in [5.41, 5.74) is -0.208. The molecule has 0 saturated carbocycles. The van der Waals surface area contributed by atoms with E-state index in [0.29, 0.717) is 31.1 Å². The molecule has 0 aliphatic rings. The van der Waals surface area contributed by atoms with E-state index in [9.17, 15) is 9.59 Å². The molecule has 1 rings (SSSR count). The standard InChI is InChI=1S/C19H27NO7/c1-19(2,3)27-17(20-13-21)8-9-26-16-12-14(25-11-10-23-4)6-7-15(16)18(22)24-5/h6-7,12,17H,8-11H2,1-5H3. The summed E-state index contributed by atoms with van der Waals surface area (Å²) in [6.45, 7) is 6.54. The summed E-state index contributed by atoms with van der Waals surface area (Å²) in [6.07, 6.45) is 1.12. The fraction of sp³-hybridized carbons (Fsp3) is 0.579. The van der Waals surface area contributed by atoms with Crippen LogP contribution in [0.25, 0.3) is 0 Å². The fourth-order valence-corrected chi connectivity index (χ4v) is 2.12. The lowest BCUT2D eigenvalue weighted by Crippen LogP contribution is -2.27. The van der Waals surface area contributed by atoms with Gasteiger partial charge in [0.1, 0.15) is 23.7 Å². The third-order valence-corrected chi connectivity index (χ3v) is 3.22. The van der Waals surface area contributed by atoms with E-state index in [-0.39, 0.29) is 12.2 Å². The van der Waals surface area contributed by atoms with Gasteiger partial charge < -0.3 is 23.7 Å². The largest absolute Gasteiger partial charge is 0.492 e. The molecular weight excluding hydrogens is 354 g/mol. The van der Waals surface area contributed by atoms with Crippen LogP contribution < -0.4 is 9.47 Å². The summed E-state index contributed by atoms with van der Waals surface area (Å²) in [5, 5.41) is 0. The second-order valence-electron chi connectivity index (χ2n) is 6.53. The van der Waals surface area contributed by atoms with Crippen LogP contribution in [0.3, 0.4) is 0 Å². The van der Waals surface area contributed by atoms with Crippen LogP contribution in [0.5, 0.6) is 11.5 Å². The smallest absolute Gasteiger partial charge is 0.341 e. The molecule has 1 aromatic rings. The molecule has 8 heteroatoms. The van der Waals surface area contributed by atoms with Crippen molar-refractivity contribution in [2.45, 2.75) is 39.0 Å². The zero-order valence-corrected chi connectivity index (χ0v) is 16.4. The van der Waals surface area contributed by atoms with Crippen molar-refractivity contribution in [3.05, 3.63) is 23.8 Å². The van der Waals surface area contributed by atoms with Crippen molar-refractivity contribution in [2.75, 3.05) is 34.0 Å². The molecule has 0 heterocycles. The molecule has 0 N–H and O–H groups in total. The molecule has 0 radical (unpaired) electrons. The molecule has 0 saturated heterocycles. The van der Waals surface area contributed by atoms with Crippen LogP contribution >= 0.6 is 0 Å². The van der Waals surface area contributed by atoms with Crippen molar-refractivity contribution in [1.82, 2.24) is 0 Å². The van der Waals surface area contributed by atoms with E-state index in [0.717, 1.165) is 0 Å². The Morgan fingerprint density at radius 2 is 1.89 bits per heavy atom. The molecule has 150 valence electrons. The van der Waals surface area contributed by atoms with E-state index in [1.54, 1.807) is 25.3 Å². The van der Waals surface area contributed by atoms with Gasteiger partial charge in [-0.1, -0.05) is 0 Å². The Labute approximate surface area is 159 Å². The van der Waals surface area contributed by atoms with Crippen molar-refractivity contribution >= 4 is 12.0 Å². The van der Waals surface area contributed by atoms with E-state index in [2.05, 4.69) is 4.99 Å². The second kappa shape index (κ2) is 11.3. The quantitative estimate of drug-likeness (QED) is 0.252. The lowest BCUT2D eigenvalue weighted by Gasteiger charge is -2.24. The number of benzene rings is 1. The third kappa shape index (κ3) is 8.68. The summed E-state index contributed by atoms with van der Waals surface area (Å²) in [7, 11) is 2.87. The molecule has 1 aromatic carbocycles. The maximum absolute atomic E-state index is 11.9. The van der Waals surface area contributed by atoms with Crippen molar-refractivity contribution in [3.8, 4) is 11.5 Å². The highest BCUT2D eigenvalue weighted by Gasteiger charge is 2.19. The molecule has 27 heavy (non-hydrogen) atoms. The molecule has 0 fully saturated rings. The molecule has 1 atom stereocenters. The van der Waals surface area contributed by atoms with Gasteiger partial charge in [-0.25, -0.2) is 9.59 Å². The van der Waals surface area contributed by atoms with E-state index < -0.39 is 17.8 Å². The van der Waals surface area contributed by atoms with Gasteiger partial charge >= 0.3 is 5.97 Å². The number of carbonyl (C=O) groups excluding carboxylic acids is 2. The predicted octanol–water partition coefficient (Wildman–Crippen LogP) is 2.74. The number of nitrogens with zero attached hydrogens (tertiary/aromatic N) is 1. The summed E-state index contributed by atoms with van der Waals surface area (Å²) in [5.74, 6) is 0.311. The number of methoxy groups -OCH3 is 2. The Morgan fingerprint density at radius 1 is 1.15 bits per heavy atom. The summed E-state index contributed by atoms with van der Waals surface area (Å²) in [6, 6.07) is 4.82. The highest BCUT2D eigenvalue weighted by Crippen LogP contribution is 2.26. The highest BCUT2D eigenvalue weighted by molar-refractivity contribution is 5.92. The van der Waals surface area contributed by atoms with Crippen LogP contribution in [0.4, 0.5) is 0 Å². The van der Waals surface area contributed by atoms with Crippen LogP contribution in [0.2, 0.25) is 0 Å². The van der Waals surface area contributed by atoms with Gasteiger partial charge in [0, 0.05) is 19.6 Å². The van der Waals surface area contributed by atoms with Gasteiger partial charge in [0.2, 0.25) is 6.08 Å². The summed E-state index contributed by atoms with van der Waals surface area (Å²) >= 11 is 0. The van der Waals surface area contributed by atoms with Crippen molar-refractivity contribution in [3.63, 3.8) is 0 Å². The van der Waals surface area contributed by atoms with Gasteiger partial charge in [-0.15, -0.1) is 0 Å². The third-order valence-electron chi connectivity index (χ3n) is 3.22. The molecule has 8 nitrogen and oxygen atoms in total. The Kier molecular flexibility index (Phi) is 9.50. The number of isocyanates is 1. The molecule has 0 aliphatic carbocycles. The van der Waals surface area contributed by atoms with Crippen LogP contribution in [0.15, 0.2) is 23.2 Å². The minimum absolute atomic E-state index is 0.164. The molecule has 0 aromatic heterocycles. The normalized spacial score (nSPS) is 12.0. The first-order valence-electron chi connectivity index (χ1n) is 8.52. The summed E-state index contributed by atoms with van der Waals surface area (Å²) in [4.78, 5) is 26.2. The average Bonchev–Trinajstić information content (AvgIpc) is 2.60. The van der Waals surface area contributed by atoms with Gasteiger partial charge in [-0.3, -0.25) is 0 Å². The number of hydrogen-bond donors (Lipinski definition) is 0. The second-order valence-corrected chi connectivity index (χ2v) is 6.53. The minimum Gasteiger partial charge on any atom is -0.492 e. The lowest BCUT2D eigenvalue weighted by molar-refractivity contribution is -0.0621. The lowest BCUT2D eigenvalue weighted by atomic mass is 10.2. The van der Waals surface area contributed by atoms with Crippen molar-refractivity contribution in [2.24, 2.45) is 4.99 Å². The van der Waals surface area contributed by atoms with Crippen LogP contribution in [0.1, 0.15) is 37.6 Å². The van der Waals surface area contributed by atoms with E-state index in [4.69, 9.17) is 23.7 Å². The SMILES string of the molecule is COCCOc1ccc(C(=O)OC)c(OCCC(N=C=O)OC(C)(C)C)c1. The highest BCUT2D eigenvalue weighted by atomic mass is 16.5. The Morgan fingerprint density at radius 3 is 2.48 bits per heavy atom. The van der Waals surface area contributed by atoms with Crippen molar-refractivity contribution in [1.29, 1.82) is 0 Å². The van der Waals surface area contributed by atoms with Crippen molar-refractivity contribution < 1.29 is 33.3 Å². The van der Waals surface area contributed by atoms with Crippen LogP contribution in [0, 0.1) is 0 Å². The number of esters is 1. The average molecular weight is 381 g/mol. The molecule has 0 aliphatic heterocycles. The Bertz CT molecular complexity index is 648. The zero-order chi connectivity index (χ0) is 20.3. The molecule has 0 amide bonds. The van der Waals surface area contributed by atoms with E-state index in [1.165, 1.54) is 13.2 Å². The van der Waals surface area contributed by atoms with Crippen LogP contribution in [-0.2, 0) is 19.0 Å². The molecular formula is C19H27NO7. The van der Waals surface area contributed by atoms with E-state index >= 15 is 0 Å². The van der Waals surface area contributed by atoms with Gasteiger partial charge in [-0.05, 0) is 32.9 Å².